The predicted molar refractivity (Wildman–Crippen MR) is 131 cm³/mol. The molecule has 8 nitrogen and oxygen atoms in total. The van der Waals surface area contributed by atoms with Crippen LogP contribution in [-0.4, -0.2) is 38.4 Å². The van der Waals surface area contributed by atoms with E-state index in [-0.39, 0.29) is 12.2 Å². The molecule has 178 valence electrons. The predicted octanol–water partition coefficient (Wildman–Crippen LogP) is 3.37. The first kappa shape index (κ1) is 23.5. The summed E-state index contributed by atoms with van der Waals surface area (Å²) in [5, 5.41) is 3.81. The van der Waals surface area contributed by atoms with Gasteiger partial charge < -0.3 is 15.0 Å². The standard InChI is InChI=1S/C26H23FN4O4/c1-30(2)21-13-8-17(14-22-25(33)29-31(26(22)34)20-6-4-3-5-7-20)23(15-21)35-16-24(32)28-19-11-9-18(27)10-12-19/h3-15H,16H2,1-2H3,(H,28,32)(H,29,33). The van der Waals surface area contributed by atoms with Gasteiger partial charge in [-0.05, 0) is 54.6 Å². The highest BCUT2D eigenvalue weighted by atomic mass is 19.1. The van der Waals surface area contributed by atoms with Crippen LogP contribution in [0.4, 0.5) is 21.5 Å². The van der Waals surface area contributed by atoms with E-state index in [1.54, 1.807) is 36.4 Å². The lowest BCUT2D eigenvalue weighted by Gasteiger charge is -2.16. The van der Waals surface area contributed by atoms with Gasteiger partial charge in [-0.3, -0.25) is 19.8 Å². The highest BCUT2D eigenvalue weighted by molar-refractivity contribution is 6.31. The van der Waals surface area contributed by atoms with E-state index < -0.39 is 23.5 Å². The molecule has 1 aliphatic rings. The number of nitrogens with zero attached hydrogens (tertiary/aromatic N) is 2. The van der Waals surface area contributed by atoms with Crippen molar-refractivity contribution in [1.29, 1.82) is 0 Å². The minimum Gasteiger partial charge on any atom is -0.483 e. The van der Waals surface area contributed by atoms with Gasteiger partial charge >= 0.3 is 0 Å². The molecule has 0 spiro atoms. The van der Waals surface area contributed by atoms with Crippen LogP contribution in [0, 0.1) is 5.82 Å². The smallest absolute Gasteiger partial charge is 0.282 e. The van der Waals surface area contributed by atoms with Crippen LogP contribution in [-0.2, 0) is 14.4 Å². The second-order valence-electron chi connectivity index (χ2n) is 7.94. The molecule has 1 fully saturated rings. The molecule has 0 aliphatic carbocycles. The maximum atomic E-state index is 13.1. The van der Waals surface area contributed by atoms with Gasteiger partial charge in [-0.15, -0.1) is 0 Å². The van der Waals surface area contributed by atoms with E-state index in [1.807, 2.05) is 31.1 Å². The first-order chi connectivity index (χ1) is 16.8. The first-order valence-electron chi connectivity index (χ1n) is 10.7. The Labute approximate surface area is 201 Å². The number of para-hydroxylation sites is 1. The van der Waals surface area contributed by atoms with E-state index in [0.717, 1.165) is 5.69 Å². The molecule has 3 aromatic rings. The number of carbonyl (C=O) groups is 3. The zero-order valence-corrected chi connectivity index (χ0v) is 19.1. The van der Waals surface area contributed by atoms with Crippen molar-refractivity contribution in [3.63, 3.8) is 0 Å². The fourth-order valence-corrected chi connectivity index (χ4v) is 3.39. The Morgan fingerprint density at radius 3 is 2.46 bits per heavy atom. The van der Waals surface area contributed by atoms with Crippen molar-refractivity contribution < 1.29 is 23.5 Å². The van der Waals surface area contributed by atoms with Crippen molar-refractivity contribution in [2.45, 2.75) is 0 Å². The summed E-state index contributed by atoms with van der Waals surface area (Å²) in [6, 6.07) is 19.4. The maximum absolute atomic E-state index is 13.1. The molecule has 0 saturated carbocycles. The largest absolute Gasteiger partial charge is 0.483 e. The van der Waals surface area contributed by atoms with Crippen LogP contribution < -0.4 is 25.4 Å². The van der Waals surface area contributed by atoms with Gasteiger partial charge in [0, 0.05) is 37.1 Å². The van der Waals surface area contributed by atoms with Crippen molar-refractivity contribution in [1.82, 2.24) is 5.43 Å². The van der Waals surface area contributed by atoms with E-state index in [9.17, 15) is 18.8 Å². The zero-order valence-electron chi connectivity index (χ0n) is 19.1. The zero-order chi connectivity index (χ0) is 24.9. The molecule has 1 saturated heterocycles. The second kappa shape index (κ2) is 10.1. The molecule has 0 atom stereocenters. The number of hydrogen-bond acceptors (Lipinski definition) is 5. The van der Waals surface area contributed by atoms with Crippen molar-refractivity contribution in [3.05, 3.63) is 89.8 Å². The van der Waals surface area contributed by atoms with Crippen molar-refractivity contribution in [3.8, 4) is 5.75 Å². The molecule has 2 N–H and O–H groups in total. The number of nitrogens with one attached hydrogen (secondary N) is 2. The Morgan fingerprint density at radius 2 is 1.77 bits per heavy atom. The number of halogens is 1. The van der Waals surface area contributed by atoms with Gasteiger partial charge in [0.25, 0.3) is 17.7 Å². The summed E-state index contributed by atoms with van der Waals surface area (Å²) in [5.41, 5.74) is 4.71. The Bertz CT molecular complexity index is 1290. The molecule has 4 rings (SSSR count). The monoisotopic (exact) mass is 474 g/mol. The van der Waals surface area contributed by atoms with E-state index in [0.29, 0.717) is 22.7 Å². The van der Waals surface area contributed by atoms with E-state index in [2.05, 4.69) is 10.7 Å². The molecule has 0 radical (unpaired) electrons. The summed E-state index contributed by atoms with van der Waals surface area (Å²) in [6.45, 7) is -0.333. The van der Waals surface area contributed by atoms with Gasteiger partial charge in [0.1, 0.15) is 17.1 Å². The number of hydrazine groups is 1. The third-order valence-corrected chi connectivity index (χ3v) is 5.21. The molecule has 9 heteroatoms. The molecule has 0 aromatic heterocycles. The van der Waals surface area contributed by atoms with Gasteiger partial charge in [-0.25, -0.2) is 9.40 Å². The Hall–Kier alpha value is -4.66. The summed E-state index contributed by atoms with van der Waals surface area (Å²) in [5.74, 6) is -1.59. The van der Waals surface area contributed by atoms with Gasteiger partial charge in [0.2, 0.25) is 0 Å². The van der Waals surface area contributed by atoms with Gasteiger partial charge in [-0.2, -0.15) is 0 Å². The van der Waals surface area contributed by atoms with Crippen molar-refractivity contribution >= 4 is 40.9 Å². The highest BCUT2D eigenvalue weighted by Gasteiger charge is 2.34. The summed E-state index contributed by atoms with van der Waals surface area (Å²) in [6.07, 6.45) is 1.44. The summed E-state index contributed by atoms with van der Waals surface area (Å²) < 4.78 is 18.8. The van der Waals surface area contributed by atoms with Crippen LogP contribution in [0.3, 0.4) is 0 Å². The van der Waals surface area contributed by atoms with Crippen LogP contribution in [0.15, 0.2) is 78.4 Å². The van der Waals surface area contributed by atoms with Crippen LogP contribution in [0.1, 0.15) is 5.56 Å². The van der Waals surface area contributed by atoms with E-state index in [4.69, 9.17) is 4.74 Å². The van der Waals surface area contributed by atoms with Crippen molar-refractivity contribution in [2.24, 2.45) is 0 Å². The van der Waals surface area contributed by atoms with E-state index in [1.165, 1.54) is 35.4 Å². The fraction of sp³-hybridized carbons (Fsp3) is 0.115. The summed E-state index contributed by atoms with van der Waals surface area (Å²) in [4.78, 5) is 39.7. The van der Waals surface area contributed by atoms with Gasteiger partial charge in [-0.1, -0.05) is 18.2 Å². The lowest BCUT2D eigenvalue weighted by atomic mass is 10.1. The van der Waals surface area contributed by atoms with Crippen molar-refractivity contribution in [2.75, 3.05) is 35.9 Å². The minimum atomic E-state index is -0.546. The quantitative estimate of drug-likeness (QED) is 0.405. The molecule has 0 unspecified atom stereocenters. The third kappa shape index (κ3) is 5.47. The maximum Gasteiger partial charge on any atom is 0.282 e. The first-order valence-corrected chi connectivity index (χ1v) is 10.7. The van der Waals surface area contributed by atoms with Crippen LogP contribution in [0.25, 0.3) is 6.08 Å². The Balaban J connectivity index is 1.56. The van der Waals surface area contributed by atoms with Gasteiger partial charge in [0.15, 0.2) is 6.61 Å². The Morgan fingerprint density at radius 1 is 1.06 bits per heavy atom. The molecule has 35 heavy (non-hydrogen) atoms. The highest BCUT2D eigenvalue weighted by Crippen LogP contribution is 2.29. The molecule has 1 aliphatic heterocycles. The van der Waals surface area contributed by atoms with E-state index >= 15 is 0 Å². The summed E-state index contributed by atoms with van der Waals surface area (Å²) >= 11 is 0. The Kier molecular flexibility index (Phi) is 6.77. The number of amides is 3. The average Bonchev–Trinajstić information content (AvgIpc) is 3.13. The third-order valence-electron chi connectivity index (χ3n) is 5.21. The molecular formula is C26H23FN4O4. The molecule has 3 amide bonds. The summed E-state index contributed by atoms with van der Waals surface area (Å²) in [7, 11) is 3.70. The number of carbonyl (C=O) groups excluding carboxylic acids is 3. The molecule has 0 bridgehead atoms. The second-order valence-corrected chi connectivity index (χ2v) is 7.94. The topological polar surface area (TPSA) is 91.0 Å². The van der Waals surface area contributed by atoms with Crippen LogP contribution >= 0.6 is 0 Å². The fourth-order valence-electron chi connectivity index (χ4n) is 3.39. The number of hydrogen-bond donors (Lipinski definition) is 2. The number of rotatable bonds is 7. The van der Waals surface area contributed by atoms with Crippen LogP contribution in [0.5, 0.6) is 5.75 Å². The molecule has 1 heterocycles. The molecule has 3 aromatic carbocycles. The van der Waals surface area contributed by atoms with Gasteiger partial charge in [0.05, 0.1) is 5.69 Å². The lowest BCUT2D eigenvalue weighted by molar-refractivity contribution is -0.118. The van der Waals surface area contributed by atoms with Crippen LogP contribution in [0.2, 0.25) is 0 Å². The normalized spacial score (nSPS) is 14.1. The lowest BCUT2D eigenvalue weighted by Crippen LogP contribution is -2.35. The number of anilines is 3. The number of ether oxygens (including phenoxy) is 1. The number of benzene rings is 3. The molecular weight excluding hydrogens is 451 g/mol. The average molecular weight is 474 g/mol. The minimum absolute atomic E-state index is 0.0629. The SMILES string of the molecule is CN(C)c1ccc(C=C2C(=O)NN(c3ccccc3)C2=O)c(OCC(=O)Nc2ccc(F)cc2)c1.